The second-order valence-corrected chi connectivity index (χ2v) is 7.35. The number of H-pyrrole nitrogens is 1. The summed E-state index contributed by atoms with van der Waals surface area (Å²) in [7, 11) is 0. The molecular formula is C18H16Cl2N4O4. The number of carbonyl (C=O) groups is 2. The number of halogens is 2. The summed E-state index contributed by atoms with van der Waals surface area (Å²) in [5.74, 6) is -1.33. The third-order valence-corrected chi connectivity index (χ3v) is 5.63. The van der Waals surface area contributed by atoms with E-state index < -0.39 is 12.6 Å². The van der Waals surface area contributed by atoms with E-state index in [2.05, 4.69) is 10.1 Å². The van der Waals surface area contributed by atoms with E-state index in [1.165, 1.54) is 4.68 Å². The van der Waals surface area contributed by atoms with Crippen LogP contribution in [0, 0.1) is 0 Å². The Morgan fingerprint density at radius 1 is 1.32 bits per heavy atom. The highest BCUT2D eigenvalue weighted by molar-refractivity contribution is 6.45. The topological polar surface area (TPSA) is 111 Å². The molecule has 1 amide bonds. The average molecular weight is 423 g/mol. The summed E-state index contributed by atoms with van der Waals surface area (Å²) in [6.45, 7) is 0.0217. The van der Waals surface area contributed by atoms with Crippen LogP contribution in [0.3, 0.4) is 0 Å². The van der Waals surface area contributed by atoms with Crippen molar-refractivity contribution in [3.63, 3.8) is 0 Å². The Balaban J connectivity index is 1.88. The number of aliphatic carboxylic acids is 1. The molecule has 0 unspecified atom stereocenters. The van der Waals surface area contributed by atoms with Gasteiger partial charge in [0.1, 0.15) is 13.2 Å². The van der Waals surface area contributed by atoms with Gasteiger partial charge in [0.2, 0.25) is 5.91 Å². The number of fused-ring (bicyclic) bond motifs is 3. The van der Waals surface area contributed by atoms with Gasteiger partial charge in [0.05, 0.1) is 21.3 Å². The number of carboxylic acids is 1. The molecule has 0 saturated heterocycles. The van der Waals surface area contributed by atoms with Crippen LogP contribution in [0.2, 0.25) is 10.0 Å². The lowest BCUT2D eigenvalue weighted by atomic mass is 9.99. The second-order valence-electron chi connectivity index (χ2n) is 6.57. The van der Waals surface area contributed by atoms with Crippen LogP contribution in [0.1, 0.15) is 11.3 Å². The molecule has 0 fully saturated rings. The summed E-state index contributed by atoms with van der Waals surface area (Å²) in [5, 5.41) is 24.0. The van der Waals surface area contributed by atoms with Crippen molar-refractivity contribution in [1.82, 2.24) is 19.7 Å². The summed E-state index contributed by atoms with van der Waals surface area (Å²) in [6.07, 6.45) is 2.18. The predicted octanol–water partition coefficient (Wildman–Crippen LogP) is 2.30. The number of aromatic amines is 1. The molecule has 3 aromatic rings. The molecular weight excluding hydrogens is 407 g/mol. The van der Waals surface area contributed by atoms with Crippen molar-refractivity contribution in [2.24, 2.45) is 0 Å². The maximum atomic E-state index is 12.0. The lowest BCUT2D eigenvalue weighted by Crippen LogP contribution is -2.37. The minimum absolute atomic E-state index is 0.255. The molecule has 1 aromatic carbocycles. The van der Waals surface area contributed by atoms with Gasteiger partial charge in [-0.05, 0) is 12.1 Å². The quantitative estimate of drug-likeness (QED) is 0.597. The predicted molar refractivity (Wildman–Crippen MR) is 103 cm³/mol. The van der Waals surface area contributed by atoms with Crippen molar-refractivity contribution < 1.29 is 19.8 Å². The zero-order valence-corrected chi connectivity index (χ0v) is 16.1. The van der Waals surface area contributed by atoms with Crippen molar-refractivity contribution in [1.29, 1.82) is 0 Å². The van der Waals surface area contributed by atoms with E-state index in [0.29, 0.717) is 46.3 Å². The number of aliphatic hydroxyl groups is 1. The molecule has 146 valence electrons. The number of hydrogen-bond donors (Lipinski definition) is 3. The number of nitrogens with one attached hydrogen (secondary N) is 1. The first-order valence-corrected chi connectivity index (χ1v) is 9.30. The molecule has 1 aliphatic rings. The van der Waals surface area contributed by atoms with E-state index in [0.717, 1.165) is 16.6 Å². The first kappa shape index (κ1) is 18.8. The van der Waals surface area contributed by atoms with Crippen molar-refractivity contribution >= 4 is 46.0 Å². The fourth-order valence-corrected chi connectivity index (χ4v) is 3.99. The van der Waals surface area contributed by atoms with Crippen LogP contribution < -0.4 is 0 Å². The van der Waals surface area contributed by atoms with Crippen molar-refractivity contribution in [3.05, 3.63) is 39.6 Å². The maximum Gasteiger partial charge on any atom is 0.325 e. The molecule has 0 radical (unpaired) electrons. The Morgan fingerprint density at radius 3 is 2.82 bits per heavy atom. The summed E-state index contributed by atoms with van der Waals surface area (Å²) < 4.78 is 1.33. The zero-order chi connectivity index (χ0) is 20.0. The smallest absolute Gasteiger partial charge is 0.325 e. The van der Waals surface area contributed by atoms with Gasteiger partial charge in [0.15, 0.2) is 0 Å². The van der Waals surface area contributed by atoms with Gasteiger partial charge < -0.3 is 20.1 Å². The molecule has 28 heavy (non-hydrogen) atoms. The second kappa shape index (κ2) is 7.12. The number of nitrogens with zero attached hydrogens (tertiary/aromatic N) is 3. The van der Waals surface area contributed by atoms with Gasteiger partial charge >= 0.3 is 5.97 Å². The molecule has 8 nitrogen and oxygen atoms in total. The number of aromatic nitrogens is 3. The highest BCUT2D eigenvalue weighted by Gasteiger charge is 2.27. The molecule has 3 heterocycles. The Bertz CT molecular complexity index is 1100. The highest BCUT2D eigenvalue weighted by atomic mass is 35.5. The first-order valence-electron chi connectivity index (χ1n) is 8.54. The molecule has 0 saturated carbocycles. The zero-order valence-electron chi connectivity index (χ0n) is 14.6. The van der Waals surface area contributed by atoms with Crippen LogP contribution in [0.15, 0.2) is 18.3 Å². The summed E-state index contributed by atoms with van der Waals surface area (Å²) in [5.41, 5.74) is 3.75. The number of amides is 1. The van der Waals surface area contributed by atoms with E-state index in [-0.39, 0.29) is 12.5 Å². The van der Waals surface area contributed by atoms with E-state index >= 15 is 0 Å². The van der Waals surface area contributed by atoms with Crippen molar-refractivity contribution in [2.45, 2.75) is 19.5 Å². The number of aliphatic hydroxyl groups excluding tert-OH is 1. The number of carbonyl (C=O) groups excluding carboxylic acids is 1. The standard InChI is InChI=1S/C18H16Cl2N4O4/c19-11-5-9(13-2-4-24(22-13)7-15(27)28)16-10-6-23(14(26)8-25)3-1-12(10)21-18(16)17(11)20/h2,4-5,21,25H,1,3,6-8H2,(H,27,28). The minimum Gasteiger partial charge on any atom is -0.480 e. The molecule has 10 heteroatoms. The molecule has 0 spiro atoms. The van der Waals surface area contributed by atoms with Gasteiger partial charge in [0.25, 0.3) is 0 Å². The van der Waals surface area contributed by atoms with Crippen LogP contribution in [-0.4, -0.2) is 54.9 Å². The third-order valence-electron chi connectivity index (χ3n) is 4.84. The van der Waals surface area contributed by atoms with E-state index in [1.807, 2.05) is 0 Å². The molecule has 0 aliphatic carbocycles. The van der Waals surface area contributed by atoms with Gasteiger partial charge in [-0.15, -0.1) is 0 Å². The lowest BCUT2D eigenvalue weighted by molar-refractivity contribution is -0.138. The lowest BCUT2D eigenvalue weighted by Gasteiger charge is -2.26. The minimum atomic E-state index is -0.994. The molecule has 0 atom stereocenters. The van der Waals surface area contributed by atoms with Crippen LogP contribution in [0.25, 0.3) is 22.2 Å². The number of carboxylic acid groups (broad SMARTS) is 1. The Labute approximate surface area is 169 Å². The molecule has 1 aliphatic heterocycles. The van der Waals surface area contributed by atoms with E-state index in [4.69, 9.17) is 28.3 Å². The van der Waals surface area contributed by atoms with Crippen LogP contribution in [-0.2, 0) is 29.1 Å². The summed E-state index contributed by atoms with van der Waals surface area (Å²) in [4.78, 5) is 27.8. The highest BCUT2D eigenvalue weighted by Crippen LogP contribution is 2.41. The summed E-state index contributed by atoms with van der Waals surface area (Å²) in [6, 6.07) is 3.40. The Kier molecular flexibility index (Phi) is 4.78. The molecule has 0 bridgehead atoms. The third kappa shape index (κ3) is 3.13. The molecule has 2 aromatic heterocycles. The number of rotatable bonds is 4. The molecule has 4 rings (SSSR count). The first-order chi connectivity index (χ1) is 13.4. The van der Waals surface area contributed by atoms with Crippen LogP contribution in [0.4, 0.5) is 0 Å². The van der Waals surface area contributed by atoms with Crippen molar-refractivity contribution in [3.8, 4) is 11.3 Å². The van der Waals surface area contributed by atoms with Gasteiger partial charge in [-0.2, -0.15) is 5.10 Å². The van der Waals surface area contributed by atoms with Gasteiger partial charge in [-0.3, -0.25) is 14.3 Å². The van der Waals surface area contributed by atoms with Crippen molar-refractivity contribution in [2.75, 3.05) is 13.2 Å². The Hall–Kier alpha value is -2.55. The summed E-state index contributed by atoms with van der Waals surface area (Å²) >= 11 is 12.7. The normalized spacial score (nSPS) is 13.8. The molecule has 3 N–H and O–H groups in total. The maximum absolute atomic E-state index is 12.0. The van der Waals surface area contributed by atoms with Gasteiger partial charge in [-0.25, -0.2) is 0 Å². The number of benzene rings is 1. The van der Waals surface area contributed by atoms with Crippen LogP contribution in [0.5, 0.6) is 0 Å². The van der Waals surface area contributed by atoms with Gasteiger partial charge in [-0.1, -0.05) is 23.2 Å². The number of hydrogen-bond acceptors (Lipinski definition) is 4. The van der Waals surface area contributed by atoms with E-state index in [9.17, 15) is 14.7 Å². The fourth-order valence-electron chi connectivity index (χ4n) is 3.59. The fraction of sp³-hybridized carbons (Fsp3) is 0.278. The Morgan fingerprint density at radius 2 is 2.11 bits per heavy atom. The van der Waals surface area contributed by atoms with Gasteiger partial charge in [0, 0.05) is 47.9 Å². The van der Waals surface area contributed by atoms with E-state index in [1.54, 1.807) is 23.2 Å². The SMILES string of the molecule is O=C(O)Cn1ccc(-c2cc(Cl)c(Cl)c3[nH]c4c(c23)CN(C(=O)CO)CC4)n1. The van der Waals surface area contributed by atoms with Crippen LogP contribution >= 0.6 is 23.2 Å². The average Bonchev–Trinajstić information content (AvgIpc) is 3.28. The largest absolute Gasteiger partial charge is 0.480 e. The monoisotopic (exact) mass is 422 g/mol.